The summed E-state index contributed by atoms with van der Waals surface area (Å²) in [5.74, 6) is -0.0806. The molecule has 1 aromatic heterocycles. The number of hydrogen-bond donors (Lipinski definition) is 1. The van der Waals surface area contributed by atoms with Gasteiger partial charge in [-0.1, -0.05) is 0 Å². The minimum atomic E-state index is -4.44. The smallest absolute Gasteiger partial charge is 0.416 e. The molecule has 0 spiro atoms. The van der Waals surface area contributed by atoms with Crippen molar-refractivity contribution in [3.8, 4) is 5.88 Å². The van der Waals surface area contributed by atoms with E-state index in [0.717, 1.165) is 18.3 Å². The number of carbonyl (C=O) groups is 1. The molecule has 5 nitrogen and oxygen atoms in total. The number of pyridine rings is 1. The lowest BCUT2D eigenvalue weighted by molar-refractivity contribution is -0.137. The Morgan fingerprint density at radius 2 is 2.09 bits per heavy atom. The van der Waals surface area contributed by atoms with Gasteiger partial charge in [-0.2, -0.15) is 13.2 Å². The summed E-state index contributed by atoms with van der Waals surface area (Å²) >= 11 is 0. The highest BCUT2D eigenvalue weighted by molar-refractivity contribution is 5.75. The van der Waals surface area contributed by atoms with Crippen LogP contribution in [0.2, 0.25) is 0 Å². The van der Waals surface area contributed by atoms with E-state index in [1.165, 1.54) is 0 Å². The van der Waals surface area contributed by atoms with Crippen LogP contribution in [0.5, 0.6) is 5.88 Å². The van der Waals surface area contributed by atoms with Gasteiger partial charge in [-0.3, -0.25) is 0 Å². The normalized spacial score (nSPS) is 18.9. The van der Waals surface area contributed by atoms with Crippen molar-refractivity contribution in [2.75, 3.05) is 13.1 Å². The molecule has 1 saturated heterocycles. The van der Waals surface area contributed by atoms with Crippen molar-refractivity contribution in [2.45, 2.75) is 45.0 Å². The van der Waals surface area contributed by atoms with Gasteiger partial charge in [0.15, 0.2) is 0 Å². The molecule has 0 unspecified atom stereocenters. The summed E-state index contributed by atoms with van der Waals surface area (Å²) in [7, 11) is 0. The van der Waals surface area contributed by atoms with Crippen molar-refractivity contribution in [2.24, 2.45) is 0 Å². The highest BCUT2D eigenvalue weighted by Crippen LogP contribution is 2.31. The molecule has 2 rings (SSSR count). The second kappa shape index (κ2) is 6.25. The van der Waals surface area contributed by atoms with Crippen LogP contribution in [0.25, 0.3) is 0 Å². The zero-order chi connectivity index (χ0) is 17.3. The van der Waals surface area contributed by atoms with Gasteiger partial charge in [-0.05, 0) is 26.8 Å². The SMILES string of the molecule is CC(C)(C)NC(=O)N1CC[C@H](Oc2cc(C(F)(F)F)ccn2)C1. The van der Waals surface area contributed by atoms with Gasteiger partial charge in [0, 0.05) is 30.8 Å². The molecule has 8 heteroatoms. The summed E-state index contributed by atoms with van der Waals surface area (Å²) in [5, 5.41) is 2.84. The largest absolute Gasteiger partial charge is 0.472 e. The summed E-state index contributed by atoms with van der Waals surface area (Å²) in [6, 6.07) is 1.56. The van der Waals surface area contributed by atoms with E-state index in [0.29, 0.717) is 19.5 Å². The maximum Gasteiger partial charge on any atom is 0.416 e. The Morgan fingerprint density at radius 3 is 2.70 bits per heavy atom. The average Bonchev–Trinajstić information content (AvgIpc) is 2.85. The third-order valence-corrected chi connectivity index (χ3v) is 3.26. The third kappa shape index (κ3) is 5.01. The summed E-state index contributed by atoms with van der Waals surface area (Å²) < 4.78 is 43.5. The van der Waals surface area contributed by atoms with Gasteiger partial charge in [0.05, 0.1) is 12.1 Å². The number of amides is 2. The van der Waals surface area contributed by atoms with Gasteiger partial charge >= 0.3 is 12.2 Å². The molecule has 1 aliphatic heterocycles. The number of carbonyl (C=O) groups excluding carboxylic acids is 1. The van der Waals surface area contributed by atoms with Crippen LogP contribution in [0.3, 0.4) is 0 Å². The number of halogens is 3. The second-order valence-corrected chi connectivity index (χ2v) is 6.54. The van der Waals surface area contributed by atoms with Gasteiger partial charge in [-0.15, -0.1) is 0 Å². The van der Waals surface area contributed by atoms with Gasteiger partial charge in [0.1, 0.15) is 6.10 Å². The topological polar surface area (TPSA) is 54.5 Å². The fraction of sp³-hybridized carbons (Fsp3) is 0.600. The molecule has 0 radical (unpaired) electrons. The van der Waals surface area contributed by atoms with Crippen LogP contribution < -0.4 is 10.1 Å². The average molecular weight is 331 g/mol. The van der Waals surface area contributed by atoms with Crippen LogP contribution in [0.1, 0.15) is 32.8 Å². The number of aromatic nitrogens is 1. The van der Waals surface area contributed by atoms with Crippen LogP contribution in [0.15, 0.2) is 18.3 Å². The van der Waals surface area contributed by atoms with Crippen LogP contribution in [0, 0.1) is 0 Å². The van der Waals surface area contributed by atoms with E-state index >= 15 is 0 Å². The standard InChI is InChI=1S/C15H20F3N3O2/c1-14(2,3)20-13(22)21-7-5-11(9-21)23-12-8-10(4-6-19-12)15(16,17)18/h4,6,8,11H,5,7,9H2,1-3H3,(H,20,22)/t11-/m0/s1. The number of rotatable bonds is 2. The monoisotopic (exact) mass is 331 g/mol. The molecule has 1 N–H and O–H groups in total. The Balaban J connectivity index is 1.95. The molecule has 1 fully saturated rings. The molecule has 0 aliphatic carbocycles. The van der Waals surface area contributed by atoms with E-state index in [1.54, 1.807) is 4.90 Å². The summed E-state index contributed by atoms with van der Waals surface area (Å²) in [6.07, 6.45) is -3.18. The van der Waals surface area contributed by atoms with Gasteiger partial charge in [-0.25, -0.2) is 9.78 Å². The van der Waals surface area contributed by atoms with Crippen molar-refractivity contribution >= 4 is 6.03 Å². The number of alkyl halides is 3. The van der Waals surface area contributed by atoms with Crippen molar-refractivity contribution in [1.82, 2.24) is 15.2 Å². The van der Waals surface area contributed by atoms with Crippen LogP contribution in [-0.2, 0) is 6.18 Å². The first-order valence-electron chi connectivity index (χ1n) is 7.31. The van der Waals surface area contributed by atoms with Crippen molar-refractivity contribution < 1.29 is 22.7 Å². The molecule has 128 valence electrons. The van der Waals surface area contributed by atoms with E-state index in [1.807, 2.05) is 20.8 Å². The quantitative estimate of drug-likeness (QED) is 0.906. The maximum absolute atomic E-state index is 12.7. The molecular formula is C15H20F3N3O2. The molecule has 1 atom stereocenters. The molecule has 1 aromatic rings. The van der Waals surface area contributed by atoms with E-state index in [-0.39, 0.29) is 23.6 Å². The van der Waals surface area contributed by atoms with Crippen LogP contribution in [-0.4, -0.2) is 40.6 Å². The fourth-order valence-electron chi connectivity index (χ4n) is 2.23. The van der Waals surface area contributed by atoms with Gasteiger partial charge in [0.2, 0.25) is 5.88 Å². The summed E-state index contributed by atoms with van der Waals surface area (Å²) in [6.45, 7) is 6.44. The molecular weight excluding hydrogens is 311 g/mol. The number of likely N-dealkylation sites (tertiary alicyclic amines) is 1. The Bertz CT molecular complexity index is 570. The maximum atomic E-state index is 12.7. The lowest BCUT2D eigenvalue weighted by Crippen LogP contribution is -2.48. The minimum absolute atomic E-state index is 0.0806. The van der Waals surface area contributed by atoms with Crippen molar-refractivity contribution in [1.29, 1.82) is 0 Å². The van der Waals surface area contributed by atoms with Gasteiger partial charge in [0.25, 0.3) is 0 Å². The van der Waals surface area contributed by atoms with Crippen molar-refractivity contribution in [3.05, 3.63) is 23.9 Å². The Labute approximate surface area is 132 Å². The number of hydrogen-bond acceptors (Lipinski definition) is 3. The first-order chi connectivity index (χ1) is 10.5. The second-order valence-electron chi connectivity index (χ2n) is 6.54. The third-order valence-electron chi connectivity index (χ3n) is 3.26. The fourth-order valence-corrected chi connectivity index (χ4v) is 2.23. The predicted molar refractivity (Wildman–Crippen MR) is 78.1 cm³/mol. The number of nitrogens with one attached hydrogen (secondary N) is 1. The molecule has 0 saturated carbocycles. The lowest BCUT2D eigenvalue weighted by atomic mass is 10.1. The first-order valence-corrected chi connectivity index (χ1v) is 7.31. The Morgan fingerprint density at radius 1 is 1.39 bits per heavy atom. The molecule has 0 aromatic carbocycles. The highest BCUT2D eigenvalue weighted by atomic mass is 19.4. The van der Waals surface area contributed by atoms with Crippen molar-refractivity contribution in [3.63, 3.8) is 0 Å². The first kappa shape index (κ1) is 17.4. The Kier molecular flexibility index (Phi) is 4.72. The highest BCUT2D eigenvalue weighted by Gasteiger charge is 2.32. The van der Waals surface area contributed by atoms with E-state index in [4.69, 9.17) is 4.74 Å². The zero-order valence-electron chi connectivity index (χ0n) is 13.3. The van der Waals surface area contributed by atoms with E-state index in [2.05, 4.69) is 10.3 Å². The zero-order valence-corrected chi connectivity index (χ0v) is 13.3. The van der Waals surface area contributed by atoms with E-state index in [9.17, 15) is 18.0 Å². The number of nitrogens with zero attached hydrogens (tertiary/aromatic N) is 2. The number of urea groups is 1. The molecule has 1 aliphatic rings. The van der Waals surface area contributed by atoms with Gasteiger partial charge < -0.3 is 15.0 Å². The van der Waals surface area contributed by atoms with E-state index < -0.39 is 11.7 Å². The summed E-state index contributed by atoms with van der Waals surface area (Å²) in [5.41, 5.74) is -1.15. The lowest BCUT2D eigenvalue weighted by Gasteiger charge is -2.25. The Hall–Kier alpha value is -1.99. The molecule has 2 amide bonds. The predicted octanol–water partition coefficient (Wildman–Crippen LogP) is 3.06. The van der Waals surface area contributed by atoms with Crippen LogP contribution >= 0.6 is 0 Å². The molecule has 23 heavy (non-hydrogen) atoms. The minimum Gasteiger partial charge on any atom is -0.472 e. The molecule has 2 heterocycles. The molecule has 0 bridgehead atoms. The van der Waals surface area contributed by atoms with Crippen LogP contribution in [0.4, 0.5) is 18.0 Å². The summed E-state index contributed by atoms with van der Waals surface area (Å²) in [4.78, 5) is 17.4. The number of ether oxygens (including phenoxy) is 1.